The molecule has 3 nitrogen and oxygen atoms in total. The van der Waals surface area contributed by atoms with E-state index in [4.69, 9.17) is 0 Å². The van der Waals surface area contributed by atoms with E-state index < -0.39 is 5.82 Å². The first-order valence-corrected chi connectivity index (χ1v) is 8.01. The highest BCUT2D eigenvalue weighted by atomic mass is 32.1. The maximum atomic E-state index is 13.6. The van der Waals surface area contributed by atoms with Crippen molar-refractivity contribution in [1.82, 2.24) is 4.98 Å². The zero-order chi connectivity index (χ0) is 16.4. The molecule has 2 aromatic carbocycles. The van der Waals surface area contributed by atoms with Gasteiger partial charge in [-0.3, -0.25) is 10.1 Å². The maximum absolute atomic E-state index is 13.6. The SMILES string of the molecule is Cc1ccc(C(=O)Nc2nc(-c3ccccc3C)cs2)cc1F. The van der Waals surface area contributed by atoms with Gasteiger partial charge in [-0.2, -0.15) is 0 Å². The van der Waals surface area contributed by atoms with Gasteiger partial charge in [-0.05, 0) is 37.1 Å². The molecule has 3 aromatic rings. The number of thiazole rings is 1. The number of rotatable bonds is 3. The predicted molar refractivity (Wildman–Crippen MR) is 91.4 cm³/mol. The fraction of sp³-hybridized carbons (Fsp3) is 0.111. The summed E-state index contributed by atoms with van der Waals surface area (Å²) >= 11 is 1.35. The maximum Gasteiger partial charge on any atom is 0.257 e. The fourth-order valence-corrected chi connectivity index (χ4v) is 2.92. The lowest BCUT2D eigenvalue weighted by molar-refractivity contribution is 0.102. The van der Waals surface area contributed by atoms with Crippen LogP contribution in [0.3, 0.4) is 0 Å². The zero-order valence-corrected chi connectivity index (χ0v) is 13.6. The van der Waals surface area contributed by atoms with Crippen molar-refractivity contribution in [3.8, 4) is 11.3 Å². The fourth-order valence-electron chi connectivity index (χ4n) is 2.22. The second-order valence-corrected chi connectivity index (χ2v) is 6.13. The number of nitrogens with zero attached hydrogens (tertiary/aromatic N) is 1. The van der Waals surface area contributed by atoms with Gasteiger partial charge in [0, 0.05) is 16.5 Å². The smallest absolute Gasteiger partial charge is 0.257 e. The first-order valence-electron chi connectivity index (χ1n) is 7.13. The summed E-state index contributed by atoms with van der Waals surface area (Å²) in [6.45, 7) is 3.67. The van der Waals surface area contributed by atoms with Crippen LogP contribution in [0.4, 0.5) is 9.52 Å². The molecule has 1 aromatic heterocycles. The minimum atomic E-state index is -0.391. The topological polar surface area (TPSA) is 42.0 Å². The van der Waals surface area contributed by atoms with E-state index in [1.165, 1.54) is 17.4 Å². The molecule has 1 heterocycles. The number of carbonyl (C=O) groups excluding carboxylic acids is 1. The molecule has 3 rings (SSSR count). The molecule has 1 amide bonds. The van der Waals surface area contributed by atoms with E-state index in [2.05, 4.69) is 10.3 Å². The molecule has 0 saturated heterocycles. The highest BCUT2D eigenvalue weighted by molar-refractivity contribution is 7.14. The van der Waals surface area contributed by atoms with Crippen LogP contribution in [0.1, 0.15) is 21.5 Å². The van der Waals surface area contributed by atoms with Crippen LogP contribution in [0.15, 0.2) is 47.8 Å². The molecule has 0 fully saturated rings. The number of carbonyl (C=O) groups is 1. The molecule has 0 spiro atoms. The third-order valence-corrected chi connectivity index (χ3v) is 4.34. The molecule has 0 aliphatic rings. The van der Waals surface area contributed by atoms with Gasteiger partial charge in [-0.15, -0.1) is 11.3 Å². The normalized spacial score (nSPS) is 10.6. The quantitative estimate of drug-likeness (QED) is 0.750. The Balaban J connectivity index is 1.80. The second kappa shape index (κ2) is 6.30. The van der Waals surface area contributed by atoms with Crippen LogP contribution in [0.25, 0.3) is 11.3 Å². The van der Waals surface area contributed by atoms with E-state index >= 15 is 0 Å². The molecule has 0 atom stereocenters. The number of benzene rings is 2. The number of amides is 1. The molecule has 1 N–H and O–H groups in total. The average Bonchev–Trinajstić information content (AvgIpc) is 2.98. The van der Waals surface area contributed by atoms with Gasteiger partial charge in [0.25, 0.3) is 5.91 Å². The minimum Gasteiger partial charge on any atom is -0.298 e. The molecule has 0 radical (unpaired) electrons. The monoisotopic (exact) mass is 326 g/mol. The predicted octanol–water partition coefficient (Wildman–Crippen LogP) is 4.82. The van der Waals surface area contributed by atoms with Crippen molar-refractivity contribution in [2.75, 3.05) is 5.32 Å². The van der Waals surface area contributed by atoms with Gasteiger partial charge in [-0.1, -0.05) is 30.3 Å². The van der Waals surface area contributed by atoms with Gasteiger partial charge < -0.3 is 0 Å². The van der Waals surface area contributed by atoms with E-state index in [1.807, 2.05) is 36.6 Å². The van der Waals surface area contributed by atoms with Crippen molar-refractivity contribution in [1.29, 1.82) is 0 Å². The number of nitrogens with one attached hydrogen (secondary N) is 1. The molecule has 23 heavy (non-hydrogen) atoms. The van der Waals surface area contributed by atoms with Gasteiger partial charge in [0.05, 0.1) is 5.69 Å². The molecule has 0 unspecified atom stereocenters. The Labute approximate surface area is 137 Å². The Bertz CT molecular complexity index is 873. The third-order valence-electron chi connectivity index (χ3n) is 3.58. The Hall–Kier alpha value is -2.53. The summed E-state index contributed by atoms with van der Waals surface area (Å²) in [5, 5.41) is 5.11. The molecule has 0 aliphatic carbocycles. The largest absolute Gasteiger partial charge is 0.298 e. The lowest BCUT2D eigenvalue weighted by Crippen LogP contribution is -2.12. The van der Waals surface area contributed by atoms with Crippen LogP contribution >= 0.6 is 11.3 Å². The van der Waals surface area contributed by atoms with Gasteiger partial charge in [0.15, 0.2) is 5.13 Å². The Kier molecular flexibility index (Phi) is 4.21. The van der Waals surface area contributed by atoms with Gasteiger partial charge in [0.1, 0.15) is 5.82 Å². The van der Waals surface area contributed by atoms with Crippen LogP contribution in [0, 0.1) is 19.7 Å². The number of hydrogen-bond donors (Lipinski definition) is 1. The van der Waals surface area contributed by atoms with E-state index in [-0.39, 0.29) is 11.5 Å². The lowest BCUT2D eigenvalue weighted by atomic mass is 10.1. The van der Waals surface area contributed by atoms with E-state index in [0.717, 1.165) is 16.8 Å². The van der Waals surface area contributed by atoms with Crippen LogP contribution in [0.5, 0.6) is 0 Å². The Morgan fingerprint density at radius 3 is 2.65 bits per heavy atom. The van der Waals surface area contributed by atoms with Crippen molar-refractivity contribution in [3.05, 3.63) is 70.4 Å². The summed E-state index contributed by atoms with van der Waals surface area (Å²) in [5.74, 6) is -0.757. The van der Waals surface area contributed by atoms with E-state index in [0.29, 0.717) is 10.7 Å². The number of halogens is 1. The number of hydrogen-bond acceptors (Lipinski definition) is 3. The molecule has 0 saturated carbocycles. The van der Waals surface area contributed by atoms with Crippen molar-refractivity contribution in [3.63, 3.8) is 0 Å². The average molecular weight is 326 g/mol. The summed E-state index contributed by atoms with van der Waals surface area (Å²) in [6, 6.07) is 12.4. The first kappa shape index (κ1) is 15.4. The van der Waals surface area contributed by atoms with Crippen LogP contribution < -0.4 is 5.32 Å². The van der Waals surface area contributed by atoms with Crippen molar-refractivity contribution in [2.24, 2.45) is 0 Å². The molecule has 5 heteroatoms. The number of aromatic nitrogens is 1. The minimum absolute atomic E-state index is 0.278. The summed E-state index contributed by atoms with van der Waals surface area (Å²) in [7, 11) is 0. The van der Waals surface area contributed by atoms with E-state index in [1.54, 1.807) is 19.1 Å². The molecular weight excluding hydrogens is 311 g/mol. The van der Waals surface area contributed by atoms with Gasteiger partial charge >= 0.3 is 0 Å². The summed E-state index contributed by atoms with van der Waals surface area (Å²) in [4.78, 5) is 16.6. The molecular formula is C18H15FN2OS. The number of anilines is 1. The zero-order valence-electron chi connectivity index (χ0n) is 12.8. The van der Waals surface area contributed by atoms with Crippen LogP contribution in [-0.2, 0) is 0 Å². The Morgan fingerprint density at radius 2 is 1.91 bits per heavy atom. The summed E-state index contributed by atoms with van der Waals surface area (Å²) in [6.07, 6.45) is 0. The first-order chi connectivity index (χ1) is 11.0. The molecule has 0 aliphatic heterocycles. The highest BCUT2D eigenvalue weighted by Gasteiger charge is 2.12. The van der Waals surface area contributed by atoms with Crippen molar-refractivity contribution >= 4 is 22.4 Å². The van der Waals surface area contributed by atoms with E-state index in [9.17, 15) is 9.18 Å². The van der Waals surface area contributed by atoms with Crippen LogP contribution in [0.2, 0.25) is 0 Å². The van der Waals surface area contributed by atoms with Crippen LogP contribution in [-0.4, -0.2) is 10.9 Å². The van der Waals surface area contributed by atoms with Gasteiger partial charge in [-0.25, -0.2) is 9.37 Å². The summed E-state index contributed by atoms with van der Waals surface area (Å²) in [5.41, 5.74) is 3.76. The number of aryl methyl sites for hydroxylation is 2. The van der Waals surface area contributed by atoms with Gasteiger partial charge in [0.2, 0.25) is 0 Å². The Morgan fingerprint density at radius 1 is 1.13 bits per heavy atom. The lowest BCUT2D eigenvalue weighted by Gasteiger charge is -2.04. The molecule has 0 bridgehead atoms. The van der Waals surface area contributed by atoms with Crippen molar-refractivity contribution < 1.29 is 9.18 Å². The third kappa shape index (κ3) is 3.29. The van der Waals surface area contributed by atoms with Crippen molar-refractivity contribution in [2.45, 2.75) is 13.8 Å². The standard InChI is InChI=1S/C18H15FN2OS/c1-11-5-3-4-6-14(11)16-10-23-18(20-16)21-17(22)13-8-7-12(2)15(19)9-13/h3-10H,1-2H3,(H,20,21,22). The summed E-state index contributed by atoms with van der Waals surface area (Å²) < 4.78 is 13.6. The highest BCUT2D eigenvalue weighted by Crippen LogP contribution is 2.27. The second-order valence-electron chi connectivity index (χ2n) is 5.27. The molecule has 116 valence electrons.